The molecular formula is C18H24BrNO3. The topological polar surface area (TPSA) is 38.8 Å². The van der Waals surface area contributed by atoms with Crippen LogP contribution in [-0.2, 0) is 15.9 Å². The van der Waals surface area contributed by atoms with E-state index in [1.807, 2.05) is 31.7 Å². The molecule has 2 aliphatic rings. The third-order valence-corrected chi connectivity index (χ3v) is 4.85. The smallest absolute Gasteiger partial charge is 0.410 e. The summed E-state index contributed by atoms with van der Waals surface area (Å²) in [6, 6.07) is 6.39. The van der Waals surface area contributed by atoms with E-state index < -0.39 is 5.60 Å². The number of amides is 1. The maximum absolute atomic E-state index is 12.5. The Balaban J connectivity index is 1.83. The summed E-state index contributed by atoms with van der Waals surface area (Å²) in [5.41, 5.74) is 2.05. The van der Waals surface area contributed by atoms with E-state index in [0.29, 0.717) is 6.61 Å². The second-order valence-corrected chi connectivity index (χ2v) is 8.18. The van der Waals surface area contributed by atoms with Crippen LogP contribution in [0.5, 0.6) is 0 Å². The second kappa shape index (κ2) is 6.44. The van der Waals surface area contributed by atoms with Crippen molar-refractivity contribution >= 4 is 22.0 Å². The summed E-state index contributed by atoms with van der Waals surface area (Å²) in [5.74, 6) is 0. The van der Waals surface area contributed by atoms with Crippen LogP contribution in [0.3, 0.4) is 0 Å². The van der Waals surface area contributed by atoms with Crippen LogP contribution in [0.4, 0.5) is 4.79 Å². The quantitative estimate of drug-likeness (QED) is 0.720. The molecule has 1 saturated heterocycles. The third kappa shape index (κ3) is 3.72. The van der Waals surface area contributed by atoms with Crippen LogP contribution in [0, 0.1) is 0 Å². The summed E-state index contributed by atoms with van der Waals surface area (Å²) in [4.78, 5) is 14.4. The molecule has 1 aromatic rings. The molecule has 0 radical (unpaired) electrons. The van der Waals surface area contributed by atoms with Crippen LogP contribution in [0.2, 0.25) is 0 Å². The predicted octanol–water partition coefficient (Wildman–Crippen LogP) is 4.46. The lowest BCUT2D eigenvalue weighted by Gasteiger charge is -2.36. The van der Waals surface area contributed by atoms with Gasteiger partial charge in [-0.3, -0.25) is 0 Å². The van der Waals surface area contributed by atoms with Gasteiger partial charge in [-0.2, -0.15) is 0 Å². The average molecular weight is 382 g/mol. The van der Waals surface area contributed by atoms with E-state index >= 15 is 0 Å². The summed E-state index contributed by atoms with van der Waals surface area (Å²) in [5, 5.41) is 0. The van der Waals surface area contributed by atoms with Crippen molar-refractivity contribution in [3.05, 3.63) is 33.8 Å². The normalized spacial score (nSPS) is 24.4. The van der Waals surface area contributed by atoms with Crippen LogP contribution < -0.4 is 0 Å². The zero-order valence-electron chi connectivity index (χ0n) is 14.0. The molecule has 0 bridgehead atoms. The maximum atomic E-state index is 12.5. The van der Waals surface area contributed by atoms with Crippen molar-refractivity contribution in [3.8, 4) is 0 Å². The van der Waals surface area contributed by atoms with E-state index in [4.69, 9.17) is 9.47 Å². The molecule has 0 saturated carbocycles. The number of ether oxygens (including phenoxy) is 2. The Morgan fingerprint density at radius 2 is 2.17 bits per heavy atom. The van der Waals surface area contributed by atoms with Gasteiger partial charge in [-0.1, -0.05) is 22.0 Å². The molecule has 0 aliphatic carbocycles. The Morgan fingerprint density at radius 3 is 2.91 bits per heavy atom. The van der Waals surface area contributed by atoms with Crippen molar-refractivity contribution in [2.75, 3.05) is 13.2 Å². The number of likely N-dealkylation sites (tertiary alicyclic amines) is 1. The molecule has 0 unspecified atom stereocenters. The van der Waals surface area contributed by atoms with E-state index in [1.165, 1.54) is 11.1 Å². The third-order valence-electron chi connectivity index (χ3n) is 4.36. The van der Waals surface area contributed by atoms with Gasteiger partial charge in [0, 0.05) is 11.0 Å². The summed E-state index contributed by atoms with van der Waals surface area (Å²) >= 11 is 3.54. The Bertz CT molecular complexity index is 596. The molecule has 1 fully saturated rings. The van der Waals surface area contributed by atoms with Crippen LogP contribution >= 0.6 is 15.9 Å². The molecule has 4 nitrogen and oxygen atoms in total. The first-order valence-corrected chi connectivity index (χ1v) is 9.04. The number of carbonyl (C=O) groups is 1. The standard InChI is InChI=1S/C18H24BrNO3/c1-18(2,3)23-17(21)20-9-4-5-15(20)16-14-7-6-13(19)11-12(14)8-10-22-16/h6-7,11,15-16H,4-5,8-10H2,1-3H3/t15-,16+/m0/s1. The molecule has 2 heterocycles. The molecule has 23 heavy (non-hydrogen) atoms. The molecular weight excluding hydrogens is 358 g/mol. The van der Waals surface area contributed by atoms with Gasteiger partial charge in [0.1, 0.15) is 11.7 Å². The van der Waals surface area contributed by atoms with Crippen molar-refractivity contribution in [1.82, 2.24) is 4.90 Å². The Labute approximate surface area is 146 Å². The van der Waals surface area contributed by atoms with E-state index in [2.05, 4.69) is 28.1 Å². The van der Waals surface area contributed by atoms with Gasteiger partial charge in [-0.15, -0.1) is 0 Å². The largest absolute Gasteiger partial charge is 0.444 e. The number of nitrogens with zero attached hydrogens (tertiary/aromatic N) is 1. The van der Waals surface area contributed by atoms with E-state index in [1.54, 1.807) is 0 Å². The van der Waals surface area contributed by atoms with Gasteiger partial charge in [0.2, 0.25) is 0 Å². The van der Waals surface area contributed by atoms with Gasteiger partial charge < -0.3 is 14.4 Å². The molecule has 2 atom stereocenters. The first-order chi connectivity index (χ1) is 10.8. The summed E-state index contributed by atoms with van der Waals surface area (Å²) in [7, 11) is 0. The number of hydrogen-bond acceptors (Lipinski definition) is 3. The van der Waals surface area contributed by atoms with Crippen molar-refractivity contribution in [2.24, 2.45) is 0 Å². The number of fused-ring (bicyclic) bond motifs is 1. The van der Waals surface area contributed by atoms with Gasteiger partial charge in [0.15, 0.2) is 0 Å². The SMILES string of the molecule is CC(C)(C)OC(=O)N1CCC[C@H]1[C@@H]1OCCc2cc(Br)ccc21. The van der Waals surface area contributed by atoms with Gasteiger partial charge in [0.25, 0.3) is 0 Å². The molecule has 0 spiro atoms. The fourth-order valence-electron chi connectivity index (χ4n) is 3.43. The van der Waals surface area contributed by atoms with E-state index in [-0.39, 0.29) is 18.2 Å². The van der Waals surface area contributed by atoms with Gasteiger partial charge >= 0.3 is 6.09 Å². The number of benzene rings is 1. The fourth-order valence-corrected chi connectivity index (χ4v) is 3.84. The molecule has 1 amide bonds. The Kier molecular flexibility index (Phi) is 4.70. The minimum absolute atomic E-state index is 0.0538. The van der Waals surface area contributed by atoms with Crippen LogP contribution in [0.1, 0.15) is 50.8 Å². The molecule has 2 aliphatic heterocycles. The zero-order chi connectivity index (χ0) is 16.6. The minimum Gasteiger partial charge on any atom is -0.444 e. The van der Waals surface area contributed by atoms with Gasteiger partial charge in [-0.25, -0.2) is 4.79 Å². The van der Waals surface area contributed by atoms with Crippen molar-refractivity contribution in [3.63, 3.8) is 0 Å². The highest BCUT2D eigenvalue weighted by Crippen LogP contribution is 2.38. The lowest BCUT2D eigenvalue weighted by molar-refractivity contribution is -0.0265. The minimum atomic E-state index is -0.472. The van der Waals surface area contributed by atoms with Crippen LogP contribution in [0.15, 0.2) is 22.7 Å². The predicted molar refractivity (Wildman–Crippen MR) is 92.5 cm³/mol. The number of hydrogen-bond donors (Lipinski definition) is 0. The molecule has 126 valence electrons. The molecule has 0 N–H and O–H groups in total. The average Bonchev–Trinajstić information content (AvgIpc) is 2.93. The van der Waals surface area contributed by atoms with Gasteiger partial charge in [-0.05, 0) is 63.3 Å². The highest BCUT2D eigenvalue weighted by Gasteiger charge is 2.40. The highest BCUT2D eigenvalue weighted by atomic mass is 79.9. The number of carbonyl (C=O) groups excluding carboxylic acids is 1. The monoisotopic (exact) mass is 381 g/mol. The second-order valence-electron chi connectivity index (χ2n) is 7.27. The Morgan fingerprint density at radius 1 is 1.39 bits per heavy atom. The van der Waals surface area contributed by atoms with Crippen molar-refractivity contribution < 1.29 is 14.3 Å². The lowest BCUT2D eigenvalue weighted by Crippen LogP contribution is -2.43. The fraction of sp³-hybridized carbons (Fsp3) is 0.611. The number of rotatable bonds is 1. The zero-order valence-corrected chi connectivity index (χ0v) is 15.6. The summed E-state index contributed by atoms with van der Waals surface area (Å²) < 4.78 is 12.7. The van der Waals surface area contributed by atoms with Gasteiger partial charge in [0.05, 0.1) is 12.6 Å². The lowest BCUT2D eigenvalue weighted by atomic mass is 9.92. The van der Waals surface area contributed by atoms with E-state index in [9.17, 15) is 4.79 Å². The highest BCUT2D eigenvalue weighted by molar-refractivity contribution is 9.10. The van der Waals surface area contributed by atoms with Crippen LogP contribution in [-0.4, -0.2) is 35.8 Å². The Hall–Kier alpha value is -1.07. The summed E-state index contributed by atoms with van der Waals surface area (Å²) in [6.45, 7) is 7.15. The van der Waals surface area contributed by atoms with Crippen molar-refractivity contribution in [1.29, 1.82) is 0 Å². The molecule has 3 rings (SSSR count). The maximum Gasteiger partial charge on any atom is 0.410 e. The molecule has 1 aromatic carbocycles. The van der Waals surface area contributed by atoms with Crippen LogP contribution in [0.25, 0.3) is 0 Å². The molecule has 0 aromatic heterocycles. The van der Waals surface area contributed by atoms with Crippen molar-refractivity contribution in [2.45, 2.75) is 57.8 Å². The molecule has 5 heteroatoms. The first kappa shape index (κ1) is 16.8. The first-order valence-electron chi connectivity index (χ1n) is 8.25. The van der Waals surface area contributed by atoms with E-state index in [0.717, 1.165) is 30.3 Å². The number of halogens is 1. The summed E-state index contributed by atoms with van der Waals surface area (Å²) in [6.07, 6.45) is 2.59.